The zero-order chi connectivity index (χ0) is 21.6. The van der Waals surface area contributed by atoms with Crippen LogP contribution in [0.15, 0.2) is 42.6 Å². The number of rotatable bonds is 7. The van der Waals surface area contributed by atoms with Gasteiger partial charge in [0.05, 0.1) is 12.8 Å². The molecule has 3 rings (SSSR count). The summed E-state index contributed by atoms with van der Waals surface area (Å²) in [7, 11) is 1.62. The lowest BCUT2D eigenvalue weighted by atomic mass is 10.2. The standard InChI is InChI=1S/C20H23F3N4O3/c1-29-17-5-3-2-4-16(17)27-9-7-15(12-27)26-19(28)25-11-14-6-8-24-18(10-14)30-13-20(21,22)23/h2-6,8,10,15H,7,9,11-13H2,1H3,(H2,25,26,28)/t15-/m1/s1. The molecule has 1 saturated heterocycles. The molecule has 2 N–H and O–H groups in total. The van der Waals surface area contributed by atoms with Gasteiger partial charge in [0.25, 0.3) is 0 Å². The van der Waals surface area contributed by atoms with Gasteiger partial charge in [-0.3, -0.25) is 0 Å². The average molecular weight is 424 g/mol. The Morgan fingerprint density at radius 1 is 1.30 bits per heavy atom. The number of halogens is 3. The second kappa shape index (κ2) is 9.55. The van der Waals surface area contributed by atoms with Crippen molar-refractivity contribution in [3.63, 3.8) is 0 Å². The Morgan fingerprint density at radius 3 is 2.87 bits per heavy atom. The Morgan fingerprint density at radius 2 is 2.10 bits per heavy atom. The molecule has 0 aliphatic carbocycles. The van der Waals surface area contributed by atoms with E-state index in [1.54, 1.807) is 13.2 Å². The van der Waals surface area contributed by atoms with Gasteiger partial charge >= 0.3 is 12.2 Å². The van der Waals surface area contributed by atoms with Crippen molar-refractivity contribution in [3.8, 4) is 11.6 Å². The van der Waals surface area contributed by atoms with Crippen molar-refractivity contribution in [2.45, 2.75) is 25.2 Å². The fourth-order valence-corrected chi connectivity index (χ4v) is 3.20. The number of urea groups is 1. The van der Waals surface area contributed by atoms with Crippen LogP contribution in [-0.4, -0.2) is 50.0 Å². The normalized spacial score (nSPS) is 16.3. The summed E-state index contributed by atoms with van der Waals surface area (Å²) in [4.78, 5) is 18.1. The van der Waals surface area contributed by atoms with Crippen LogP contribution in [-0.2, 0) is 6.54 Å². The van der Waals surface area contributed by atoms with Crippen molar-refractivity contribution in [3.05, 3.63) is 48.2 Å². The number of methoxy groups -OCH3 is 1. The lowest BCUT2D eigenvalue weighted by Crippen LogP contribution is -2.43. The number of hydrogen-bond acceptors (Lipinski definition) is 5. The summed E-state index contributed by atoms with van der Waals surface area (Å²) in [5.41, 5.74) is 1.56. The summed E-state index contributed by atoms with van der Waals surface area (Å²) in [6, 6.07) is 10.3. The first-order valence-electron chi connectivity index (χ1n) is 9.41. The number of carbonyl (C=O) groups is 1. The zero-order valence-electron chi connectivity index (χ0n) is 16.4. The number of para-hydroxylation sites is 2. The van der Waals surface area contributed by atoms with Gasteiger partial charge in [-0.05, 0) is 30.2 Å². The van der Waals surface area contributed by atoms with Crippen LogP contribution in [0.1, 0.15) is 12.0 Å². The van der Waals surface area contributed by atoms with E-state index in [2.05, 4.69) is 25.3 Å². The summed E-state index contributed by atoms with van der Waals surface area (Å²) in [6.45, 7) is 0.162. The number of nitrogens with one attached hydrogen (secondary N) is 2. The molecule has 1 aliphatic heterocycles. The van der Waals surface area contributed by atoms with Gasteiger partial charge in [-0.25, -0.2) is 9.78 Å². The van der Waals surface area contributed by atoms with Gasteiger partial charge in [0.1, 0.15) is 5.75 Å². The van der Waals surface area contributed by atoms with Gasteiger partial charge in [-0.15, -0.1) is 0 Å². The minimum absolute atomic E-state index is 0.0296. The lowest BCUT2D eigenvalue weighted by Gasteiger charge is -2.21. The van der Waals surface area contributed by atoms with Crippen molar-refractivity contribution in [1.29, 1.82) is 0 Å². The van der Waals surface area contributed by atoms with Crippen LogP contribution in [0.25, 0.3) is 0 Å². The molecule has 1 aliphatic rings. The van der Waals surface area contributed by atoms with Crippen molar-refractivity contribution in [1.82, 2.24) is 15.6 Å². The number of nitrogens with zero attached hydrogens (tertiary/aromatic N) is 2. The number of aromatic nitrogens is 1. The van der Waals surface area contributed by atoms with E-state index in [9.17, 15) is 18.0 Å². The predicted octanol–water partition coefficient (Wildman–Crippen LogP) is 3.11. The number of benzene rings is 1. The molecule has 2 heterocycles. The van der Waals surface area contributed by atoms with Gasteiger partial charge < -0.3 is 25.0 Å². The smallest absolute Gasteiger partial charge is 0.422 e. The molecule has 0 bridgehead atoms. The fourth-order valence-electron chi connectivity index (χ4n) is 3.20. The van der Waals surface area contributed by atoms with Crippen LogP contribution in [0.5, 0.6) is 11.6 Å². The van der Waals surface area contributed by atoms with Crippen LogP contribution in [0.4, 0.5) is 23.7 Å². The molecule has 1 aromatic heterocycles. The van der Waals surface area contributed by atoms with Crippen molar-refractivity contribution in [2.75, 3.05) is 31.7 Å². The first kappa shape index (κ1) is 21.5. The van der Waals surface area contributed by atoms with Crippen molar-refractivity contribution < 1.29 is 27.4 Å². The van der Waals surface area contributed by atoms with Gasteiger partial charge in [-0.2, -0.15) is 13.2 Å². The SMILES string of the molecule is COc1ccccc1N1CC[C@@H](NC(=O)NCc2ccnc(OCC(F)(F)F)c2)C1. The predicted molar refractivity (Wildman–Crippen MR) is 105 cm³/mol. The number of alkyl halides is 3. The summed E-state index contributed by atoms with van der Waals surface area (Å²) in [5.74, 6) is 0.638. The largest absolute Gasteiger partial charge is 0.495 e. The van der Waals surface area contributed by atoms with E-state index >= 15 is 0 Å². The van der Waals surface area contributed by atoms with Gasteiger partial charge in [0, 0.05) is 37.9 Å². The number of anilines is 1. The quantitative estimate of drug-likeness (QED) is 0.715. The summed E-state index contributed by atoms with van der Waals surface area (Å²) in [6.07, 6.45) is -2.31. The topological polar surface area (TPSA) is 75.7 Å². The summed E-state index contributed by atoms with van der Waals surface area (Å²) < 4.78 is 46.7. The molecule has 162 valence electrons. The van der Waals surface area contributed by atoms with E-state index < -0.39 is 12.8 Å². The number of pyridine rings is 1. The third-order valence-corrected chi connectivity index (χ3v) is 4.59. The van der Waals surface area contributed by atoms with Gasteiger partial charge in [0.2, 0.25) is 5.88 Å². The highest BCUT2D eigenvalue weighted by Gasteiger charge is 2.29. The molecule has 1 atom stereocenters. The summed E-state index contributed by atoms with van der Waals surface area (Å²) in [5, 5.41) is 5.62. The van der Waals surface area contributed by atoms with Crippen LogP contribution in [0.2, 0.25) is 0 Å². The molecule has 0 spiro atoms. The van der Waals surface area contributed by atoms with Gasteiger partial charge in [0.15, 0.2) is 6.61 Å². The second-order valence-corrected chi connectivity index (χ2v) is 6.84. The molecule has 7 nitrogen and oxygen atoms in total. The highest BCUT2D eigenvalue weighted by atomic mass is 19.4. The van der Waals surface area contributed by atoms with Crippen LogP contribution in [0, 0.1) is 0 Å². The van der Waals surface area contributed by atoms with Crippen LogP contribution >= 0.6 is 0 Å². The number of carbonyl (C=O) groups excluding carboxylic acids is 1. The maximum absolute atomic E-state index is 12.2. The Balaban J connectivity index is 1.46. The number of ether oxygens (including phenoxy) is 2. The fraction of sp³-hybridized carbons (Fsp3) is 0.400. The van der Waals surface area contributed by atoms with Crippen LogP contribution in [0.3, 0.4) is 0 Å². The minimum atomic E-state index is -4.44. The first-order valence-corrected chi connectivity index (χ1v) is 9.41. The third kappa shape index (κ3) is 6.16. The maximum atomic E-state index is 12.2. The minimum Gasteiger partial charge on any atom is -0.495 e. The van der Waals surface area contributed by atoms with E-state index in [1.165, 1.54) is 12.3 Å². The second-order valence-electron chi connectivity index (χ2n) is 6.84. The number of hydrogen-bond donors (Lipinski definition) is 2. The molecular weight excluding hydrogens is 401 g/mol. The molecule has 10 heteroatoms. The number of amides is 2. The molecule has 0 saturated carbocycles. The highest BCUT2D eigenvalue weighted by Crippen LogP contribution is 2.30. The molecule has 2 aromatic rings. The molecule has 2 amide bonds. The van der Waals surface area contributed by atoms with Crippen molar-refractivity contribution >= 4 is 11.7 Å². The van der Waals surface area contributed by atoms with E-state index in [0.717, 1.165) is 24.4 Å². The highest BCUT2D eigenvalue weighted by molar-refractivity contribution is 5.74. The van der Waals surface area contributed by atoms with E-state index in [0.29, 0.717) is 12.1 Å². The Kier molecular flexibility index (Phi) is 6.86. The van der Waals surface area contributed by atoms with Crippen molar-refractivity contribution in [2.24, 2.45) is 0 Å². The monoisotopic (exact) mass is 424 g/mol. The Bertz CT molecular complexity index is 863. The molecule has 1 aromatic carbocycles. The Hall–Kier alpha value is -3.17. The van der Waals surface area contributed by atoms with E-state index in [4.69, 9.17) is 4.74 Å². The molecule has 1 fully saturated rings. The van der Waals surface area contributed by atoms with E-state index in [-0.39, 0.29) is 24.5 Å². The molecule has 0 unspecified atom stereocenters. The zero-order valence-corrected chi connectivity index (χ0v) is 16.4. The van der Waals surface area contributed by atoms with Gasteiger partial charge in [-0.1, -0.05) is 12.1 Å². The third-order valence-electron chi connectivity index (χ3n) is 4.59. The maximum Gasteiger partial charge on any atom is 0.422 e. The molecule has 30 heavy (non-hydrogen) atoms. The van der Waals surface area contributed by atoms with Crippen LogP contribution < -0.4 is 25.0 Å². The van der Waals surface area contributed by atoms with E-state index in [1.807, 2.05) is 24.3 Å². The Labute approximate surface area is 172 Å². The summed E-state index contributed by atoms with van der Waals surface area (Å²) >= 11 is 0. The average Bonchev–Trinajstić information content (AvgIpc) is 3.19. The molecular formula is C20H23F3N4O3. The first-order chi connectivity index (χ1) is 14.3. The lowest BCUT2D eigenvalue weighted by molar-refractivity contribution is -0.154. The molecule has 0 radical (unpaired) electrons.